The van der Waals surface area contributed by atoms with Gasteiger partial charge in [0.05, 0.1) is 10.6 Å². The van der Waals surface area contributed by atoms with E-state index in [4.69, 9.17) is 9.73 Å². The van der Waals surface area contributed by atoms with Crippen molar-refractivity contribution in [1.82, 2.24) is 4.90 Å². The van der Waals surface area contributed by atoms with Gasteiger partial charge in [-0.1, -0.05) is 59.7 Å². The maximum Gasteiger partial charge on any atom is 0.266 e. The zero-order valence-corrected chi connectivity index (χ0v) is 20.2. The second-order valence-corrected chi connectivity index (χ2v) is 9.47. The SMILES string of the molecule is Cc1ccc(N=C2S/C(=C/c3ccc(OCc4cccc(C)c4)cc3)C(=O)N2C(C)C)cc1. The van der Waals surface area contributed by atoms with Gasteiger partial charge in [0, 0.05) is 6.04 Å². The van der Waals surface area contributed by atoms with Crippen LogP contribution in [0.4, 0.5) is 5.69 Å². The molecule has 1 saturated heterocycles. The Bertz CT molecular complexity index is 1200. The van der Waals surface area contributed by atoms with Crippen LogP contribution in [0, 0.1) is 13.8 Å². The third-order valence-corrected chi connectivity index (χ3v) is 6.26. The highest BCUT2D eigenvalue weighted by molar-refractivity contribution is 8.18. The fraction of sp³-hybridized carbons (Fsp3) is 0.214. The summed E-state index contributed by atoms with van der Waals surface area (Å²) in [5, 5.41) is 0.711. The Hall–Kier alpha value is -3.31. The molecule has 0 aliphatic carbocycles. The fourth-order valence-electron chi connectivity index (χ4n) is 3.53. The van der Waals surface area contributed by atoms with Crippen LogP contribution in [0.15, 0.2) is 82.7 Å². The van der Waals surface area contributed by atoms with E-state index < -0.39 is 0 Å². The number of rotatable bonds is 6. The Morgan fingerprint density at radius 2 is 1.70 bits per heavy atom. The summed E-state index contributed by atoms with van der Waals surface area (Å²) < 4.78 is 5.91. The lowest BCUT2D eigenvalue weighted by molar-refractivity contribution is -0.123. The van der Waals surface area contributed by atoms with E-state index in [2.05, 4.69) is 25.1 Å². The molecule has 168 valence electrons. The third-order valence-electron chi connectivity index (χ3n) is 5.28. The molecule has 3 aromatic rings. The Labute approximate surface area is 200 Å². The number of thioether (sulfide) groups is 1. The number of amidine groups is 1. The molecule has 4 rings (SSSR count). The van der Waals surface area contributed by atoms with Crippen LogP contribution in [-0.4, -0.2) is 22.0 Å². The first kappa shape index (κ1) is 22.9. The predicted octanol–water partition coefficient (Wildman–Crippen LogP) is 6.89. The van der Waals surface area contributed by atoms with Gasteiger partial charge in [0.2, 0.25) is 0 Å². The van der Waals surface area contributed by atoms with Crippen molar-refractivity contribution in [3.63, 3.8) is 0 Å². The topological polar surface area (TPSA) is 41.9 Å². The van der Waals surface area contributed by atoms with Crippen LogP contribution in [-0.2, 0) is 11.4 Å². The normalized spacial score (nSPS) is 16.3. The lowest BCUT2D eigenvalue weighted by atomic mass is 10.1. The summed E-state index contributed by atoms with van der Waals surface area (Å²) >= 11 is 1.42. The van der Waals surface area contributed by atoms with E-state index >= 15 is 0 Å². The first-order chi connectivity index (χ1) is 15.9. The maximum absolute atomic E-state index is 13.1. The number of benzene rings is 3. The van der Waals surface area contributed by atoms with E-state index in [-0.39, 0.29) is 11.9 Å². The van der Waals surface area contributed by atoms with Gasteiger partial charge in [0.15, 0.2) is 5.17 Å². The number of amides is 1. The van der Waals surface area contributed by atoms with Crippen LogP contribution in [0.3, 0.4) is 0 Å². The molecule has 0 N–H and O–H groups in total. The highest BCUT2D eigenvalue weighted by Crippen LogP contribution is 2.35. The van der Waals surface area contributed by atoms with Crippen LogP contribution in [0.5, 0.6) is 5.75 Å². The molecule has 0 aromatic heterocycles. The van der Waals surface area contributed by atoms with E-state index in [0.29, 0.717) is 16.7 Å². The number of aryl methyl sites for hydroxylation is 2. The minimum atomic E-state index is -0.0133. The Balaban J connectivity index is 1.49. The number of hydrogen-bond acceptors (Lipinski definition) is 4. The second-order valence-electron chi connectivity index (χ2n) is 8.46. The van der Waals surface area contributed by atoms with Crippen molar-refractivity contribution < 1.29 is 9.53 Å². The van der Waals surface area contributed by atoms with Crippen molar-refractivity contribution in [2.75, 3.05) is 0 Å². The molecule has 0 bridgehead atoms. The minimum Gasteiger partial charge on any atom is -0.489 e. The van der Waals surface area contributed by atoms with Crippen molar-refractivity contribution >= 4 is 34.6 Å². The Morgan fingerprint density at radius 3 is 2.36 bits per heavy atom. The third kappa shape index (κ3) is 5.74. The molecule has 1 heterocycles. The highest BCUT2D eigenvalue weighted by Gasteiger charge is 2.35. The number of carbonyl (C=O) groups is 1. The average Bonchev–Trinajstić information content (AvgIpc) is 3.09. The molecular weight excluding hydrogens is 428 g/mol. The lowest BCUT2D eigenvalue weighted by Gasteiger charge is -2.19. The van der Waals surface area contributed by atoms with Gasteiger partial charge in [-0.15, -0.1) is 0 Å². The monoisotopic (exact) mass is 456 g/mol. The number of ether oxygens (including phenoxy) is 1. The van der Waals surface area contributed by atoms with Crippen molar-refractivity contribution in [3.05, 3.63) is 100.0 Å². The molecule has 0 unspecified atom stereocenters. The number of carbonyl (C=O) groups excluding carboxylic acids is 1. The summed E-state index contributed by atoms with van der Waals surface area (Å²) in [6.07, 6.45) is 1.92. The Kier molecular flexibility index (Phi) is 6.99. The summed E-state index contributed by atoms with van der Waals surface area (Å²) in [7, 11) is 0. The van der Waals surface area contributed by atoms with Crippen LogP contribution < -0.4 is 4.74 Å². The first-order valence-electron chi connectivity index (χ1n) is 11.1. The van der Waals surface area contributed by atoms with Crippen LogP contribution in [0.1, 0.15) is 36.1 Å². The van der Waals surface area contributed by atoms with E-state index in [1.807, 2.05) is 81.4 Å². The van der Waals surface area contributed by atoms with E-state index in [9.17, 15) is 4.79 Å². The van der Waals surface area contributed by atoms with Gasteiger partial charge in [0.1, 0.15) is 12.4 Å². The molecule has 0 radical (unpaired) electrons. The summed E-state index contributed by atoms with van der Waals surface area (Å²) in [6, 6.07) is 24.2. The van der Waals surface area contributed by atoms with Gasteiger partial charge < -0.3 is 4.74 Å². The second kappa shape index (κ2) is 10.1. The van der Waals surface area contributed by atoms with Crippen molar-refractivity contribution in [3.8, 4) is 5.75 Å². The smallest absolute Gasteiger partial charge is 0.266 e. The maximum atomic E-state index is 13.1. The van der Waals surface area contributed by atoms with E-state index in [0.717, 1.165) is 22.6 Å². The van der Waals surface area contributed by atoms with E-state index in [1.54, 1.807) is 4.90 Å². The van der Waals surface area contributed by atoms with Crippen molar-refractivity contribution in [2.24, 2.45) is 4.99 Å². The molecule has 1 aliphatic heterocycles. The average molecular weight is 457 g/mol. The summed E-state index contributed by atoms with van der Waals surface area (Å²) in [5.41, 5.74) is 5.34. The van der Waals surface area contributed by atoms with Crippen molar-refractivity contribution in [2.45, 2.75) is 40.3 Å². The molecule has 3 aromatic carbocycles. The van der Waals surface area contributed by atoms with Gasteiger partial charge in [-0.05, 0) is 80.9 Å². The largest absolute Gasteiger partial charge is 0.489 e. The lowest BCUT2D eigenvalue weighted by Crippen LogP contribution is -2.35. The quantitative estimate of drug-likeness (QED) is 0.379. The molecule has 1 amide bonds. The summed E-state index contributed by atoms with van der Waals surface area (Å²) in [4.78, 5) is 20.3. The molecule has 4 nitrogen and oxygen atoms in total. The van der Waals surface area contributed by atoms with Gasteiger partial charge in [-0.25, -0.2) is 4.99 Å². The minimum absolute atomic E-state index is 0.0133. The summed E-state index contributed by atoms with van der Waals surface area (Å²) in [5.74, 6) is 0.787. The molecule has 0 atom stereocenters. The molecule has 5 heteroatoms. The summed E-state index contributed by atoms with van der Waals surface area (Å²) in [6.45, 7) is 8.66. The molecule has 1 aliphatic rings. The zero-order chi connectivity index (χ0) is 23.4. The standard InChI is InChI=1S/C28H28N2O2S/c1-19(2)30-27(31)26(33-28(30)29-24-12-8-20(3)9-13-24)17-22-10-14-25(15-11-22)32-18-23-7-5-6-21(4)16-23/h5-17,19H,18H2,1-4H3/b26-17+,29-28?. The predicted molar refractivity (Wildman–Crippen MR) is 138 cm³/mol. The zero-order valence-electron chi connectivity index (χ0n) is 19.4. The number of hydrogen-bond donors (Lipinski definition) is 0. The molecule has 33 heavy (non-hydrogen) atoms. The first-order valence-corrected chi connectivity index (χ1v) is 11.9. The van der Waals surface area contributed by atoms with Gasteiger partial charge in [-0.2, -0.15) is 0 Å². The van der Waals surface area contributed by atoms with Crippen LogP contribution in [0.25, 0.3) is 6.08 Å². The van der Waals surface area contributed by atoms with Crippen LogP contribution >= 0.6 is 11.8 Å². The molecule has 0 spiro atoms. The van der Waals surface area contributed by atoms with Crippen molar-refractivity contribution in [1.29, 1.82) is 0 Å². The molecular formula is C28H28N2O2S. The molecule has 0 saturated carbocycles. The van der Waals surface area contributed by atoms with E-state index in [1.165, 1.54) is 22.9 Å². The van der Waals surface area contributed by atoms with Gasteiger partial charge in [0.25, 0.3) is 5.91 Å². The number of aliphatic imine (C=N–C) groups is 1. The fourth-order valence-corrected chi connectivity index (χ4v) is 4.65. The highest BCUT2D eigenvalue weighted by atomic mass is 32.2. The van der Waals surface area contributed by atoms with Gasteiger partial charge >= 0.3 is 0 Å². The Morgan fingerprint density at radius 1 is 0.970 bits per heavy atom. The van der Waals surface area contributed by atoms with Crippen LogP contribution in [0.2, 0.25) is 0 Å². The molecule has 1 fully saturated rings. The van der Waals surface area contributed by atoms with Gasteiger partial charge in [-0.3, -0.25) is 9.69 Å². The number of nitrogens with zero attached hydrogens (tertiary/aromatic N) is 2.